The Morgan fingerprint density at radius 3 is 2.42 bits per heavy atom. The minimum Gasteiger partial charge on any atom is -0.487 e. The third-order valence-corrected chi connectivity index (χ3v) is 6.85. The first-order chi connectivity index (χ1) is 18.6. The summed E-state index contributed by atoms with van der Waals surface area (Å²) in [6, 6.07) is 21.7. The monoisotopic (exact) mass is 532 g/mol. The van der Waals surface area contributed by atoms with Crippen LogP contribution in [-0.2, 0) is 22.8 Å². The molecule has 0 unspecified atom stereocenters. The molecule has 7 nitrogen and oxygen atoms in total. The number of nitrogens with zero attached hydrogens (tertiary/aromatic N) is 2. The number of ether oxygens (including phenoxy) is 1. The molecule has 4 aromatic rings. The van der Waals surface area contributed by atoms with Crippen LogP contribution < -0.4 is 4.74 Å². The van der Waals surface area contributed by atoms with E-state index in [1.165, 1.54) is 0 Å². The van der Waals surface area contributed by atoms with Gasteiger partial charge in [0.1, 0.15) is 30.4 Å². The first-order valence-corrected chi connectivity index (χ1v) is 13.6. The van der Waals surface area contributed by atoms with Crippen LogP contribution in [0.5, 0.6) is 5.75 Å². The lowest BCUT2D eigenvalue weighted by molar-refractivity contribution is -0.137. The highest BCUT2D eigenvalue weighted by atomic mass is 32.1. The first-order valence-electron chi connectivity index (χ1n) is 12.8. The van der Waals surface area contributed by atoms with Crippen LogP contribution in [-0.4, -0.2) is 21.8 Å². The summed E-state index contributed by atoms with van der Waals surface area (Å²) in [5.41, 5.74) is 3.70. The third kappa shape index (κ3) is 8.31. The van der Waals surface area contributed by atoms with Crippen LogP contribution in [0.2, 0.25) is 0 Å². The third-order valence-electron chi connectivity index (χ3n) is 5.99. The maximum Gasteiger partial charge on any atom is 0.303 e. The van der Waals surface area contributed by atoms with Gasteiger partial charge in [-0.2, -0.15) is 0 Å². The second-order valence-electron chi connectivity index (χ2n) is 8.92. The van der Waals surface area contributed by atoms with Gasteiger partial charge in [0.2, 0.25) is 5.89 Å². The summed E-state index contributed by atoms with van der Waals surface area (Å²) in [7, 11) is 0. The zero-order chi connectivity index (χ0) is 26.6. The number of carbonyl (C=O) groups is 1. The average molecular weight is 533 g/mol. The molecule has 0 aliphatic rings. The van der Waals surface area contributed by atoms with Crippen LogP contribution in [0, 0.1) is 6.92 Å². The van der Waals surface area contributed by atoms with Gasteiger partial charge in [-0.25, -0.2) is 4.98 Å². The number of unbranched alkanes of at least 4 members (excludes halogenated alkanes) is 3. The Morgan fingerprint density at radius 1 is 0.947 bits per heavy atom. The molecule has 198 valence electrons. The second kappa shape index (κ2) is 14.1. The number of hydrogen-bond donors (Lipinski definition) is 1. The Morgan fingerprint density at radius 2 is 1.71 bits per heavy atom. The molecule has 4 rings (SSSR count). The van der Waals surface area contributed by atoms with Crippen molar-refractivity contribution in [2.75, 3.05) is 0 Å². The predicted molar refractivity (Wildman–Crippen MR) is 148 cm³/mol. The van der Waals surface area contributed by atoms with Crippen molar-refractivity contribution < 1.29 is 23.9 Å². The number of rotatable bonds is 15. The molecule has 0 atom stereocenters. The van der Waals surface area contributed by atoms with Crippen LogP contribution in [0.25, 0.3) is 10.8 Å². The normalized spacial score (nSPS) is 11.4. The van der Waals surface area contributed by atoms with E-state index in [1.54, 1.807) is 11.3 Å². The number of carboxylic acids is 1. The summed E-state index contributed by atoms with van der Waals surface area (Å²) in [6.45, 7) is 2.58. The zero-order valence-corrected chi connectivity index (χ0v) is 22.3. The summed E-state index contributed by atoms with van der Waals surface area (Å²) < 4.78 is 11.7. The van der Waals surface area contributed by atoms with Gasteiger partial charge in [0, 0.05) is 6.42 Å². The fourth-order valence-electron chi connectivity index (χ4n) is 3.88. The molecule has 0 amide bonds. The van der Waals surface area contributed by atoms with E-state index in [0.717, 1.165) is 64.6 Å². The quantitative estimate of drug-likeness (QED) is 0.0960. The summed E-state index contributed by atoms with van der Waals surface area (Å²) in [5, 5.41) is 15.2. The molecule has 2 heterocycles. The number of oxime groups is 1. The molecule has 0 spiro atoms. The molecule has 0 saturated heterocycles. The maximum atomic E-state index is 10.7. The fourth-order valence-corrected chi connectivity index (χ4v) is 4.53. The summed E-state index contributed by atoms with van der Waals surface area (Å²) in [4.78, 5) is 22.0. The minimum atomic E-state index is -0.738. The molecule has 2 aromatic heterocycles. The van der Waals surface area contributed by atoms with E-state index in [4.69, 9.17) is 19.1 Å². The van der Waals surface area contributed by atoms with Gasteiger partial charge in [-0.1, -0.05) is 66.5 Å². The van der Waals surface area contributed by atoms with Crippen molar-refractivity contribution in [2.24, 2.45) is 5.16 Å². The van der Waals surface area contributed by atoms with Crippen molar-refractivity contribution in [1.29, 1.82) is 0 Å². The maximum absolute atomic E-state index is 10.7. The lowest BCUT2D eigenvalue weighted by atomic mass is 10.0. The zero-order valence-electron chi connectivity index (χ0n) is 21.5. The van der Waals surface area contributed by atoms with Crippen molar-refractivity contribution >= 4 is 23.0 Å². The Bertz CT molecular complexity index is 1300. The number of oxazole rings is 1. The fraction of sp³-hybridized carbons (Fsp3) is 0.300. The van der Waals surface area contributed by atoms with Crippen molar-refractivity contribution in [3.05, 3.63) is 94.7 Å². The van der Waals surface area contributed by atoms with E-state index in [0.29, 0.717) is 25.5 Å². The standard InChI is InChI=1S/C30H32N2O5S/c1-22-27(31-30(37-22)28-13-9-19-38-28)21-35-25-17-15-23(16-18-25)20-36-32-26(24-10-5-4-6-11-24)12-7-2-3-8-14-29(33)34/h4-6,9-11,13,15-19H,2-3,7-8,12,14,20-21H2,1H3,(H,33,34)/b32-26-. The highest BCUT2D eigenvalue weighted by Crippen LogP contribution is 2.26. The Labute approximate surface area is 226 Å². The van der Waals surface area contributed by atoms with Gasteiger partial charge >= 0.3 is 5.97 Å². The lowest BCUT2D eigenvalue weighted by Crippen LogP contribution is -2.03. The number of benzene rings is 2. The highest BCUT2D eigenvalue weighted by molar-refractivity contribution is 7.13. The van der Waals surface area contributed by atoms with E-state index in [1.807, 2.05) is 79.0 Å². The smallest absolute Gasteiger partial charge is 0.303 e. The lowest BCUT2D eigenvalue weighted by Gasteiger charge is -2.08. The van der Waals surface area contributed by atoms with E-state index >= 15 is 0 Å². The van der Waals surface area contributed by atoms with Crippen molar-refractivity contribution in [3.63, 3.8) is 0 Å². The van der Waals surface area contributed by atoms with Crippen LogP contribution in [0.1, 0.15) is 61.1 Å². The molecule has 38 heavy (non-hydrogen) atoms. The second-order valence-corrected chi connectivity index (χ2v) is 9.86. The molecule has 1 N–H and O–H groups in total. The molecule has 8 heteroatoms. The number of aromatic nitrogens is 1. The van der Waals surface area contributed by atoms with Gasteiger partial charge in [0.25, 0.3) is 0 Å². The number of aliphatic carboxylic acids is 1. The number of aryl methyl sites for hydroxylation is 1. The van der Waals surface area contributed by atoms with Gasteiger partial charge in [0.05, 0.1) is 10.6 Å². The van der Waals surface area contributed by atoms with E-state index in [-0.39, 0.29) is 6.42 Å². The Kier molecular flexibility index (Phi) is 10.1. The average Bonchev–Trinajstić information content (AvgIpc) is 3.59. The number of thiophene rings is 1. The predicted octanol–water partition coefficient (Wildman–Crippen LogP) is 7.64. The molecule has 0 saturated carbocycles. The molecule has 0 aliphatic heterocycles. The summed E-state index contributed by atoms with van der Waals surface area (Å²) >= 11 is 1.59. The van der Waals surface area contributed by atoms with Crippen molar-refractivity contribution in [2.45, 2.75) is 58.7 Å². The summed E-state index contributed by atoms with van der Waals surface area (Å²) in [6.07, 6.45) is 4.50. The largest absolute Gasteiger partial charge is 0.487 e. The summed E-state index contributed by atoms with van der Waals surface area (Å²) in [5.74, 6) is 1.38. The molecular weight excluding hydrogens is 500 g/mol. The first kappa shape index (κ1) is 27.1. The number of carboxylic acid groups (broad SMARTS) is 1. The van der Waals surface area contributed by atoms with Crippen LogP contribution in [0.15, 0.2) is 81.7 Å². The van der Waals surface area contributed by atoms with Crippen molar-refractivity contribution in [1.82, 2.24) is 4.98 Å². The van der Waals surface area contributed by atoms with Crippen LogP contribution in [0.3, 0.4) is 0 Å². The van der Waals surface area contributed by atoms with Crippen LogP contribution >= 0.6 is 11.3 Å². The van der Waals surface area contributed by atoms with E-state index < -0.39 is 5.97 Å². The van der Waals surface area contributed by atoms with Crippen LogP contribution in [0.4, 0.5) is 0 Å². The number of hydrogen-bond acceptors (Lipinski definition) is 7. The highest BCUT2D eigenvalue weighted by Gasteiger charge is 2.13. The molecule has 0 radical (unpaired) electrons. The van der Waals surface area contributed by atoms with E-state index in [9.17, 15) is 4.79 Å². The topological polar surface area (TPSA) is 94.2 Å². The van der Waals surface area contributed by atoms with Gasteiger partial charge in [0.15, 0.2) is 0 Å². The molecule has 0 aliphatic carbocycles. The van der Waals surface area contributed by atoms with Gasteiger partial charge in [-0.15, -0.1) is 11.3 Å². The molecular formula is C30H32N2O5S. The van der Waals surface area contributed by atoms with Gasteiger partial charge in [-0.05, 0) is 60.9 Å². The SMILES string of the molecule is Cc1oc(-c2cccs2)nc1COc1ccc(CO/N=C(/CCCCCCC(=O)O)c2ccccc2)cc1. The Balaban J connectivity index is 1.27. The molecule has 2 aromatic carbocycles. The van der Waals surface area contributed by atoms with E-state index in [2.05, 4.69) is 10.1 Å². The Hall–Kier alpha value is -3.91. The van der Waals surface area contributed by atoms with Gasteiger partial charge in [-0.3, -0.25) is 4.79 Å². The minimum absolute atomic E-state index is 0.225. The van der Waals surface area contributed by atoms with Gasteiger partial charge < -0.3 is 19.1 Å². The van der Waals surface area contributed by atoms with Crippen molar-refractivity contribution in [3.8, 4) is 16.5 Å². The molecule has 0 bridgehead atoms. The molecule has 0 fully saturated rings.